The van der Waals surface area contributed by atoms with E-state index in [1.807, 2.05) is 37.3 Å². The van der Waals surface area contributed by atoms with Crippen LogP contribution in [0.1, 0.15) is 18.3 Å². The molecular formula is C10H11N5O. The number of oxime groups is 1. The molecule has 16 heavy (non-hydrogen) atoms. The second-order valence-electron chi connectivity index (χ2n) is 3.15. The normalized spacial score (nSPS) is 11.7. The van der Waals surface area contributed by atoms with Gasteiger partial charge in [0.05, 0.1) is 0 Å². The van der Waals surface area contributed by atoms with Crippen LogP contribution in [0.4, 0.5) is 0 Å². The van der Waals surface area contributed by atoms with E-state index in [1.165, 1.54) is 4.68 Å². The van der Waals surface area contributed by atoms with Crippen molar-refractivity contribution in [3.05, 3.63) is 41.7 Å². The highest BCUT2D eigenvalue weighted by Crippen LogP contribution is 2.04. The summed E-state index contributed by atoms with van der Waals surface area (Å²) < 4.78 is 1.43. The number of nitrogens with zero attached hydrogens (tertiary/aromatic N) is 5. The smallest absolute Gasteiger partial charge is 0.203 e. The van der Waals surface area contributed by atoms with Crippen LogP contribution in [0.5, 0.6) is 0 Å². The molecule has 0 saturated carbocycles. The third-order valence-electron chi connectivity index (χ3n) is 2.18. The topological polar surface area (TPSA) is 76.2 Å². The molecule has 0 aliphatic heterocycles. The molecule has 0 radical (unpaired) electrons. The van der Waals surface area contributed by atoms with Crippen LogP contribution in [-0.4, -0.2) is 31.3 Å². The Balaban J connectivity index is 2.46. The van der Waals surface area contributed by atoms with Crippen LogP contribution in [0.3, 0.4) is 0 Å². The molecule has 0 amide bonds. The standard InChI is InChI=1S/C10H11N5O/c1-2-9-11-13-14-15(9)10(12-16)8-6-4-3-5-7-8/h3-7,16H,2H2,1H3/b12-10+. The molecule has 82 valence electrons. The number of aromatic nitrogens is 4. The molecule has 0 atom stereocenters. The lowest BCUT2D eigenvalue weighted by molar-refractivity contribution is 0.316. The first-order chi connectivity index (χ1) is 7.86. The highest BCUT2D eigenvalue weighted by Gasteiger charge is 2.12. The molecule has 0 aliphatic carbocycles. The number of hydrogen-bond acceptors (Lipinski definition) is 5. The maximum absolute atomic E-state index is 9.04. The van der Waals surface area contributed by atoms with Crippen molar-refractivity contribution in [2.45, 2.75) is 13.3 Å². The van der Waals surface area contributed by atoms with Crippen molar-refractivity contribution in [3.8, 4) is 0 Å². The molecule has 0 bridgehead atoms. The maximum atomic E-state index is 9.04. The van der Waals surface area contributed by atoms with Crippen molar-refractivity contribution in [3.63, 3.8) is 0 Å². The second-order valence-corrected chi connectivity index (χ2v) is 3.15. The molecule has 0 fully saturated rings. The second kappa shape index (κ2) is 4.52. The van der Waals surface area contributed by atoms with Crippen molar-refractivity contribution in [1.82, 2.24) is 20.2 Å². The summed E-state index contributed by atoms with van der Waals surface area (Å²) in [6.07, 6.45) is 0.666. The van der Waals surface area contributed by atoms with Crippen LogP contribution in [0.25, 0.3) is 0 Å². The summed E-state index contributed by atoms with van der Waals surface area (Å²) in [5.41, 5.74) is 0.756. The molecule has 6 nitrogen and oxygen atoms in total. The van der Waals surface area contributed by atoms with Crippen LogP contribution in [0.15, 0.2) is 35.5 Å². The minimum absolute atomic E-state index is 0.322. The monoisotopic (exact) mass is 217 g/mol. The van der Waals surface area contributed by atoms with Gasteiger partial charge in [-0.1, -0.05) is 42.4 Å². The van der Waals surface area contributed by atoms with Gasteiger partial charge in [-0.2, -0.15) is 4.68 Å². The molecule has 0 spiro atoms. The minimum atomic E-state index is 0.322. The summed E-state index contributed by atoms with van der Waals surface area (Å²) in [4.78, 5) is 0. The predicted molar refractivity (Wildman–Crippen MR) is 57.4 cm³/mol. The predicted octanol–water partition coefficient (Wildman–Crippen LogP) is 0.920. The lowest BCUT2D eigenvalue weighted by Gasteiger charge is -2.04. The van der Waals surface area contributed by atoms with Gasteiger partial charge in [-0.3, -0.25) is 0 Å². The molecular weight excluding hydrogens is 206 g/mol. The van der Waals surface area contributed by atoms with Crippen molar-refractivity contribution in [2.24, 2.45) is 5.16 Å². The Hall–Kier alpha value is -2.24. The zero-order valence-corrected chi connectivity index (χ0v) is 8.78. The molecule has 1 heterocycles. The zero-order chi connectivity index (χ0) is 11.4. The van der Waals surface area contributed by atoms with Crippen LogP contribution in [-0.2, 0) is 6.42 Å². The van der Waals surface area contributed by atoms with E-state index in [0.717, 1.165) is 5.56 Å². The summed E-state index contributed by atoms with van der Waals surface area (Å²) >= 11 is 0. The molecule has 1 aromatic heterocycles. The van der Waals surface area contributed by atoms with Crippen molar-refractivity contribution in [2.75, 3.05) is 0 Å². The average molecular weight is 217 g/mol. The molecule has 6 heteroatoms. The van der Waals surface area contributed by atoms with Crippen molar-refractivity contribution < 1.29 is 5.21 Å². The van der Waals surface area contributed by atoms with Gasteiger partial charge in [0.1, 0.15) is 0 Å². The van der Waals surface area contributed by atoms with E-state index < -0.39 is 0 Å². The van der Waals surface area contributed by atoms with Gasteiger partial charge in [-0.15, -0.1) is 5.10 Å². The van der Waals surface area contributed by atoms with Gasteiger partial charge in [-0.05, 0) is 10.4 Å². The van der Waals surface area contributed by atoms with Gasteiger partial charge in [0.2, 0.25) is 5.84 Å². The Labute approximate surface area is 92.2 Å². The summed E-state index contributed by atoms with van der Waals surface area (Å²) in [5, 5.41) is 23.5. The SMILES string of the molecule is CCc1nnnn1/C(=N/O)c1ccccc1. The van der Waals surface area contributed by atoms with Crippen molar-refractivity contribution in [1.29, 1.82) is 0 Å². The van der Waals surface area contributed by atoms with E-state index in [2.05, 4.69) is 20.7 Å². The Bertz CT molecular complexity index is 491. The largest absolute Gasteiger partial charge is 0.409 e. The summed E-state index contributed by atoms with van der Waals surface area (Å²) in [7, 11) is 0. The lowest BCUT2D eigenvalue weighted by Crippen LogP contribution is -2.18. The van der Waals surface area contributed by atoms with E-state index >= 15 is 0 Å². The molecule has 1 aromatic carbocycles. The van der Waals surface area contributed by atoms with Gasteiger partial charge in [-0.25, -0.2) is 0 Å². The van der Waals surface area contributed by atoms with E-state index in [9.17, 15) is 0 Å². The Kier molecular flexibility index (Phi) is 2.90. The highest BCUT2D eigenvalue weighted by molar-refractivity contribution is 5.99. The lowest BCUT2D eigenvalue weighted by atomic mass is 10.2. The van der Waals surface area contributed by atoms with Gasteiger partial charge in [0.15, 0.2) is 5.82 Å². The zero-order valence-electron chi connectivity index (χ0n) is 8.78. The van der Waals surface area contributed by atoms with E-state index in [1.54, 1.807) is 0 Å². The number of tetrazole rings is 1. The molecule has 1 N–H and O–H groups in total. The molecule has 2 aromatic rings. The van der Waals surface area contributed by atoms with Gasteiger partial charge in [0.25, 0.3) is 0 Å². The van der Waals surface area contributed by atoms with Crippen LogP contribution >= 0.6 is 0 Å². The van der Waals surface area contributed by atoms with Crippen LogP contribution < -0.4 is 0 Å². The summed E-state index contributed by atoms with van der Waals surface area (Å²) in [6.45, 7) is 1.93. The fraction of sp³-hybridized carbons (Fsp3) is 0.200. The minimum Gasteiger partial charge on any atom is -0.409 e. The maximum Gasteiger partial charge on any atom is 0.203 e. The molecule has 0 unspecified atom stereocenters. The van der Waals surface area contributed by atoms with E-state index in [0.29, 0.717) is 18.1 Å². The van der Waals surface area contributed by atoms with Gasteiger partial charge >= 0.3 is 0 Å². The van der Waals surface area contributed by atoms with Crippen LogP contribution in [0.2, 0.25) is 0 Å². The number of rotatable bonds is 2. The highest BCUT2D eigenvalue weighted by atomic mass is 16.4. The average Bonchev–Trinajstić information content (AvgIpc) is 2.80. The Morgan fingerprint density at radius 1 is 1.38 bits per heavy atom. The first kappa shape index (κ1) is 10.3. The van der Waals surface area contributed by atoms with E-state index in [4.69, 9.17) is 5.21 Å². The Morgan fingerprint density at radius 3 is 2.75 bits per heavy atom. The fourth-order valence-electron chi connectivity index (χ4n) is 1.40. The summed E-state index contributed by atoms with van der Waals surface area (Å²) in [6, 6.07) is 9.26. The van der Waals surface area contributed by atoms with Gasteiger partial charge < -0.3 is 5.21 Å². The third-order valence-corrected chi connectivity index (χ3v) is 2.18. The van der Waals surface area contributed by atoms with Gasteiger partial charge in [0, 0.05) is 12.0 Å². The first-order valence-corrected chi connectivity index (χ1v) is 4.92. The molecule has 0 aliphatic rings. The number of benzene rings is 1. The third kappa shape index (κ3) is 1.77. The quantitative estimate of drug-likeness (QED) is 0.351. The van der Waals surface area contributed by atoms with Crippen LogP contribution in [0, 0.1) is 0 Å². The number of hydrogen-bond donors (Lipinski definition) is 1. The molecule has 2 rings (SSSR count). The number of aryl methyl sites for hydroxylation is 1. The summed E-state index contributed by atoms with van der Waals surface area (Å²) in [5.74, 6) is 0.971. The first-order valence-electron chi connectivity index (χ1n) is 4.92. The van der Waals surface area contributed by atoms with E-state index in [-0.39, 0.29) is 0 Å². The Morgan fingerprint density at radius 2 is 2.12 bits per heavy atom. The molecule has 0 saturated heterocycles. The van der Waals surface area contributed by atoms with Crippen molar-refractivity contribution >= 4 is 5.84 Å². The fourth-order valence-corrected chi connectivity index (χ4v) is 1.40.